The maximum Gasteiger partial charge on any atom is 0.338 e. The van der Waals surface area contributed by atoms with Crippen LogP contribution < -0.4 is 0 Å². The van der Waals surface area contributed by atoms with Crippen molar-refractivity contribution >= 4 is 11.8 Å². The van der Waals surface area contributed by atoms with Crippen molar-refractivity contribution in [2.24, 2.45) is 0 Å². The predicted molar refractivity (Wildman–Crippen MR) is 81.5 cm³/mol. The Hall–Kier alpha value is -2.93. The van der Waals surface area contributed by atoms with Crippen LogP contribution in [-0.4, -0.2) is 17.9 Å². The second kappa shape index (κ2) is 6.68. The SMILES string of the molecule is Cc1ccc(C(=O)C(C)OC(=O)c2cccc(C#N)c2)cc1. The molecule has 2 aromatic carbocycles. The van der Waals surface area contributed by atoms with Gasteiger partial charge in [0.05, 0.1) is 17.2 Å². The van der Waals surface area contributed by atoms with Crippen molar-refractivity contribution in [3.8, 4) is 6.07 Å². The monoisotopic (exact) mass is 293 g/mol. The summed E-state index contributed by atoms with van der Waals surface area (Å²) in [6, 6.07) is 15.2. The van der Waals surface area contributed by atoms with Crippen LogP contribution in [0.25, 0.3) is 0 Å². The van der Waals surface area contributed by atoms with Gasteiger partial charge < -0.3 is 4.74 Å². The topological polar surface area (TPSA) is 67.2 Å². The first-order chi connectivity index (χ1) is 10.5. The minimum Gasteiger partial charge on any atom is -0.451 e. The predicted octanol–water partition coefficient (Wildman–Crippen LogP) is 3.29. The summed E-state index contributed by atoms with van der Waals surface area (Å²) in [4.78, 5) is 24.2. The first-order valence-electron chi connectivity index (χ1n) is 6.83. The number of nitrogens with zero attached hydrogens (tertiary/aromatic N) is 1. The molecule has 22 heavy (non-hydrogen) atoms. The fourth-order valence-electron chi connectivity index (χ4n) is 1.95. The van der Waals surface area contributed by atoms with Gasteiger partial charge in [0.25, 0.3) is 0 Å². The van der Waals surface area contributed by atoms with Crippen LogP contribution in [0.3, 0.4) is 0 Å². The molecular formula is C18H15NO3. The molecule has 0 aromatic heterocycles. The van der Waals surface area contributed by atoms with Crippen LogP contribution in [0.2, 0.25) is 0 Å². The molecule has 0 N–H and O–H groups in total. The lowest BCUT2D eigenvalue weighted by Crippen LogP contribution is -2.24. The molecule has 2 aromatic rings. The van der Waals surface area contributed by atoms with Crippen LogP contribution in [0.1, 0.15) is 38.8 Å². The van der Waals surface area contributed by atoms with Crippen LogP contribution in [-0.2, 0) is 4.74 Å². The summed E-state index contributed by atoms with van der Waals surface area (Å²) in [6.07, 6.45) is -0.888. The van der Waals surface area contributed by atoms with E-state index in [9.17, 15) is 9.59 Å². The Morgan fingerprint density at radius 2 is 1.77 bits per heavy atom. The number of benzene rings is 2. The number of nitriles is 1. The van der Waals surface area contributed by atoms with Crippen LogP contribution in [0.15, 0.2) is 48.5 Å². The quantitative estimate of drug-likeness (QED) is 0.640. The fraction of sp³-hybridized carbons (Fsp3) is 0.167. The molecular weight excluding hydrogens is 278 g/mol. The third-order valence-corrected chi connectivity index (χ3v) is 3.22. The second-order valence-corrected chi connectivity index (χ2v) is 4.97. The van der Waals surface area contributed by atoms with Crippen LogP contribution in [0.5, 0.6) is 0 Å². The van der Waals surface area contributed by atoms with Gasteiger partial charge in [0.1, 0.15) is 0 Å². The van der Waals surface area contributed by atoms with Crippen molar-refractivity contribution < 1.29 is 14.3 Å². The number of ether oxygens (including phenoxy) is 1. The van der Waals surface area contributed by atoms with E-state index in [0.717, 1.165) is 5.56 Å². The van der Waals surface area contributed by atoms with Gasteiger partial charge in [-0.1, -0.05) is 35.9 Å². The van der Waals surface area contributed by atoms with Gasteiger partial charge in [-0.25, -0.2) is 4.79 Å². The molecule has 2 rings (SSSR count). The summed E-state index contributed by atoms with van der Waals surface area (Å²) in [5.74, 6) is -0.880. The number of ketones is 1. The normalized spacial score (nSPS) is 11.3. The number of esters is 1. The molecule has 0 fully saturated rings. The Morgan fingerprint density at radius 3 is 2.41 bits per heavy atom. The third-order valence-electron chi connectivity index (χ3n) is 3.22. The van der Waals surface area contributed by atoms with Crippen molar-refractivity contribution in [2.45, 2.75) is 20.0 Å². The highest BCUT2D eigenvalue weighted by molar-refractivity contribution is 6.01. The summed E-state index contributed by atoms with van der Waals surface area (Å²) in [7, 11) is 0. The minimum absolute atomic E-state index is 0.252. The van der Waals surface area contributed by atoms with Crippen molar-refractivity contribution in [3.05, 3.63) is 70.8 Å². The average molecular weight is 293 g/mol. The highest BCUT2D eigenvalue weighted by Gasteiger charge is 2.20. The molecule has 0 heterocycles. The van der Waals surface area contributed by atoms with Gasteiger partial charge in [0, 0.05) is 5.56 Å². The first-order valence-corrected chi connectivity index (χ1v) is 6.83. The average Bonchev–Trinajstić information content (AvgIpc) is 2.54. The first kappa shape index (κ1) is 15.5. The molecule has 110 valence electrons. The van der Waals surface area contributed by atoms with E-state index in [2.05, 4.69) is 0 Å². The highest BCUT2D eigenvalue weighted by atomic mass is 16.5. The molecule has 0 aliphatic carbocycles. The molecule has 0 aliphatic heterocycles. The summed E-state index contributed by atoms with van der Waals surface area (Å²) < 4.78 is 5.18. The zero-order valence-corrected chi connectivity index (χ0v) is 12.4. The molecule has 0 amide bonds. The van der Waals surface area contributed by atoms with Gasteiger partial charge in [0.2, 0.25) is 5.78 Å². The number of carbonyl (C=O) groups is 2. The lowest BCUT2D eigenvalue weighted by molar-refractivity contribution is 0.0319. The van der Waals surface area contributed by atoms with E-state index in [1.165, 1.54) is 13.0 Å². The van der Waals surface area contributed by atoms with Gasteiger partial charge in [0.15, 0.2) is 6.10 Å². The van der Waals surface area contributed by atoms with E-state index in [0.29, 0.717) is 11.1 Å². The van der Waals surface area contributed by atoms with Gasteiger partial charge in [-0.15, -0.1) is 0 Å². The minimum atomic E-state index is -0.888. The van der Waals surface area contributed by atoms with Crippen molar-refractivity contribution in [3.63, 3.8) is 0 Å². The molecule has 1 unspecified atom stereocenters. The summed E-state index contributed by atoms with van der Waals surface area (Å²) >= 11 is 0. The number of carbonyl (C=O) groups excluding carboxylic acids is 2. The third kappa shape index (κ3) is 3.58. The lowest BCUT2D eigenvalue weighted by Gasteiger charge is -2.12. The van der Waals surface area contributed by atoms with Crippen LogP contribution in [0, 0.1) is 18.3 Å². The number of hydrogen-bond acceptors (Lipinski definition) is 4. The molecule has 0 spiro atoms. The molecule has 0 aliphatic rings. The molecule has 4 nitrogen and oxygen atoms in total. The van der Waals surface area contributed by atoms with Crippen molar-refractivity contribution in [1.29, 1.82) is 5.26 Å². The molecule has 0 radical (unpaired) electrons. The Balaban J connectivity index is 2.09. The van der Waals surface area contributed by atoms with Crippen LogP contribution in [0.4, 0.5) is 0 Å². The summed E-state index contributed by atoms with van der Waals surface area (Å²) in [5, 5.41) is 8.83. The van der Waals surface area contributed by atoms with Gasteiger partial charge >= 0.3 is 5.97 Å². The Morgan fingerprint density at radius 1 is 1.09 bits per heavy atom. The van der Waals surface area contributed by atoms with Crippen LogP contribution >= 0.6 is 0 Å². The Kier molecular flexibility index (Phi) is 4.70. The Labute approximate surface area is 129 Å². The highest BCUT2D eigenvalue weighted by Crippen LogP contribution is 2.12. The zero-order chi connectivity index (χ0) is 16.1. The number of rotatable bonds is 4. The molecule has 1 atom stereocenters. The van der Waals surface area contributed by atoms with E-state index in [1.54, 1.807) is 30.3 Å². The van der Waals surface area contributed by atoms with Crippen molar-refractivity contribution in [2.75, 3.05) is 0 Å². The summed E-state index contributed by atoms with van der Waals surface area (Å²) in [6.45, 7) is 3.47. The van der Waals surface area contributed by atoms with Gasteiger partial charge in [-0.2, -0.15) is 5.26 Å². The Bertz CT molecular complexity index is 742. The largest absolute Gasteiger partial charge is 0.451 e. The standard InChI is InChI=1S/C18H15NO3/c1-12-6-8-15(9-7-12)17(20)13(2)22-18(21)16-5-3-4-14(10-16)11-19/h3-10,13H,1-2H3. The maximum absolute atomic E-state index is 12.2. The van der Waals surface area contributed by atoms with E-state index >= 15 is 0 Å². The molecule has 4 heteroatoms. The van der Waals surface area contributed by atoms with E-state index in [4.69, 9.17) is 10.00 Å². The number of Topliss-reactive ketones (excluding diaryl/α,β-unsaturated/α-hetero) is 1. The van der Waals surface area contributed by atoms with E-state index < -0.39 is 12.1 Å². The lowest BCUT2D eigenvalue weighted by atomic mass is 10.1. The smallest absolute Gasteiger partial charge is 0.338 e. The fourth-order valence-corrected chi connectivity index (χ4v) is 1.95. The molecule has 0 saturated carbocycles. The summed E-state index contributed by atoms with van der Waals surface area (Å²) in [5.41, 5.74) is 2.17. The second-order valence-electron chi connectivity index (χ2n) is 4.97. The van der Waals surface area contributed by atoms with Crippen molar-refractivity contribution in [1.82, 2.24) is 0 Å². The van der Waals surface area contributed by atoms with Gasteiger partial charge in [-0.05, 0) is 32.0 Å². The molecule has 0 bridgehead atoms. The maximum atomic E-state index is 12.2. The zero-order valence-electron chi connectivity index (χ0n) is 12.4. The number of aryl methyl sites for hydroxylation is 1. The van der Waals surface area contributed by atoms with E-state index in [1.807, 2.05) is 25.1 Å². The molecule has 0 saturated heterocycles. The van der Waals surface area contributed by atoms with E-state index in [-0.39, 0.29) is 11.3 Å². The number of hydrogen-bond donors (Lipinski definition) is 0. The van der Waals surface area contributed by atoms with Gasteiger partial charge in [-0.3, -0.25) is 4.79 Å².